The first-order valence-electron chi connectivity index (χ1n) is 4.96. The molecule has 0 saturated carbocycles. The second kappa shape index (κ2) is 4.74. The highest BCUT2D eigenvalue weighted by Crippen LogP contribution is 2.19. The fourth-order valence-electron chi connectivity index (χ4n) is 1.29. The molecule has 1 rings (SSSR count). The lowest BCUT2D eigenvalue weighted by atomic mass is 10.1. The average molecular weight is 240 g/mol. The van der Waals surface area contributed by atoms with Crippen molar-refractivity contribution in [1.82, 2.24) is 9.88 Å². The van der Waals surface area contributed by atoms with Crippen molar-refractivity contribution in [1.29, 1.82) is 0 Å². The SMILES string of the molecule is CC(C)(C)N(Cc1ncccc1S)C(=O)O. The van der Waals surface area contributed by atoms with Crippen LogP contribution in [0.3, 0.4) is 0 Å². The summed E-state index contributed by atoms with van der Waals surface area (Å²) in [7, 11) is 0. The van der Waals surface area contributed by atoms with E-state index in [0.29, 0.717) is 10.6 Å². The number of hydrogen-bond acceptors (Lipinski definition) is 3. The van der Waals surface area contributed by atoms with E-state index in [4.69, 9.17) is 5.11 Å². The Labute approximate surface area is 101 Å². The third-order valence-electron chi connectivity index (χ3n) is 2.21. The van der Waals surface area contributed by atoms with Crippen molar-refractivity contribution < 1.29 is 9.90 Å². The van der Waals surface area contributed by atoms with Gasteiger partial charge in [-0.15, -0.1) is 12.6 Å². The van der Waals surface area contributed by atoms with Crippen LogP contribution in [0.1, 0.15) is 26.5 Å². The minimum Gasteiger partial charge on any atom is -0.465 e. The first-order valence-corrected chi connectivity index (χ1v) is 5.40. The quantitative estimate of drug-likeness (QED) is 0.781. The van der Waals surface area contributed by atoms with E-state index in [0.717, 1.165) is 0 Å². The van der Waals surface area contributed by atoms with Crippen LogP contribution in [0, 0.1) is 0 Å². The number of amides is 1. The Bertz CT molecular complexity index is 388. The highest BCUT2D eigenvalue weighted by atomic mass is 32.1. The highest BCUT2D eigenvalue weighted by molar-refractivity contribution is 7.80. The largest absolute Gasteiger partial charge is 0.465 e. The van der Waals surface area contributed by atoms with E-state index in [1.165, 1.54) is 4.90 Å². The van der Waals surface area contributed by atoms with Crippen LogP contribution < -0.4 is 0 Å². The van der Waals surface area contributed by atoms with Gasteiger partial charge in [0.1, 0.15) is 0 Å². The molecule has 1 amide bonds. The lowest BCUT2D eigenvalue weighted by Gasteiger charge is -2.33. The molecule has 0 aliphatic heterocycles. The standard InChI is InChI=1S/C11H16N2O2S/c1-11(2,3)13(10(14)15)7-8-9(16)5-4-6-12-8/h4-6,16H,7H2,1-3H3,(H,14,15). The predicted molar refractivity (Wildman–Crippen MR) is 64.8 cm³/mol. The Kier molecular flexibility index (Phi) is 3.80. The summed E-state index contributed by atoms with van der Waals surface area (Å²) in [5.74, 6) is 0. The minimum atomic E-state index is -0.953. The van der Waals surface area contributed by atoms with Crippen molar-refractivity contribution in [2.45, 2.75) is 37.8 Å². The van der Waals surface area contributed by atoms with Gasteiger partial charge < -0.3 is 5.11 Å². The molecule has 0 radical (unpaired) electrons. The first kappa shape index (κ1) is 12.8. The van der Waals surface area contributed by atoms with Gasteiger partial charge in [0.2, 0.25) is 0 Å². The molecule has 0 aliphatic carbocycles. The zero-order valence-corrected chi connectivity index (χ0v) is 10.5. The van der Waals surface area contributed by atoms with Crippen LogP contribution in [0.4, 0.5) is 4.79 Å². The molecule has 1 heterocycles. The van der Waals surface area contributed by atoms with Crippen molar-refractivity contribution in [2.75, 3.05) is 0 Å². The summed E-state index contributed by atoms with van der Waals surface area (Å²) in [5, 5.41) is 9.13. The zero-order chi connectivity index (χ0) is 12.3. The molecule has 0 atom stereocenters. The van der Waals surface area contributed by atoms with E-state index in [1.54, 1.807) is 18.3 Å². The number of thiol groups is 1. The number of pyridine rings is 1. The van der Waals surface area contributed by atoms with Crippen LogP contribution >= 0.6 is 12.6 Å². The first-order chi connectivity index (χ1) is 7.32. The number of aromatic nitrogens is 1. The summed E-state index contributed by atoms with van der Waals surface area (Å²) >= 11 is 4.25. The van der Waals surface area contributed by atoms with Gasteiger partial charge in [-0.25, -0.2) is 4.79 Å². The van der Waals surface area contributed by atoms with Gasteiger partial charge in [-0.2, -0.15) is 0 Å². The van der Waals surface area contributed by atoms with E-state index in [1.807, 2.05) is 20.8 Å². The topological polar surface area (TPSA) is 53.4 Å². The fourth-order valence-corrected chi connectivity index (χ4v) is 1.51. The van der Waals surface area contributed by atoms with Gasteiger partial charge >= 0.3 is 6.09 Å². The van der Waals surface area contributed by atoms with E-state index in [9.17, 15) is 4.79 Å². The Balaban J connectivity index is 2.94. The molecule has 1 N–H and O–H groups in total. The smallest absolute Gasteiger partial charge is 0.408 e. The van der Waals surface area contributed by atoms with Crippen LogP contribution in [0.2, 0.25) is 0 Å². The van der Waals surface area contributed by atoms with E-state index >= 15 is 0 Å². The van der Waals surface area contributed by atoms with Crippen LogP contribution in [0.15, 0.2) is 23.2 Å². The minimum absolute atomic E-state index is 0.249. The van der Waals surface area contributed by atoms with Gasteiger partial charge in [-0.3, -0.25) is 9.88 Å². The average Bonchev–Trinajstić information content (AvgIpc) is 2.14. The molecule has 0 unspecified atom stereocenters. The molecular weight excluding hydrogens is 224 g/mol. The van der Waals surface area contributed by atoms with Crippen LogP contribution in [-0.4, -0.2) is 26.6 Å². The second-order valence-corrected chi connectivity index (χ2v) is 4.99. The molecule has 1 aromatic heterocycles. The molecule has 0 fully saturated rings. The molecule has 5 heteroatoms. The van der Waals surface area contributed by atoms with Crippen LogP contribution in [-0.2, 0) is 6.54 Å². The van der Waals surface area contributed by atoms with E-state index in [2.05, 4.69) is 17.6 Å². The summed E-state index contributed by atoms with van der Waals surface area (Å²) in [6.07, 6.45) is 0.684. The van der Waals surface area contributed by atoms with E-state index < -0.39 is 11.6 Å². The number of carboxylic acid groups (broad SMARTS) is 1. The summed E-state index contributed by atoms with van der Waals surface area (Å²) in [5.41, 5.74) is 0.215. The summed E-state index contributed by atoms with van der Waals surface area (Å²) in [4.78, 5) is 17.3. The maximum Gasteiger partial charge on any atom is 0.408 e. The van der Waals surface area contributed by atoms with E-state index in [-0.39, 0.29) is 6.54 Å². The lowest BCUT2D eigenvalue weighted by molar-refractivity contribution is 0.0941. The van der Waals surface area contributed by atoms with Crippen molar-refractivity contribution in [3.63, 3.8) is 0 Å². The maximum absolute atomic E-state index is 11.1. The molecule has 1 aromatic rings. The Morgan fingerprint density at radius 1 is 1.56 bits per heavy atom. The fraction of sp³-hybridized carbons (Fsp3) is 0.455. The molecule has 88 valence electrons. The molecule has 0 bridgehead atoms. The third-order valence-corrected chi connectivity index (χ3v) is 2.62. The van der Waals surface area contributed by atoms with Crippen molar-refractivity contribution >= 4 is 18.7 Å². The molecule has 0 spiro atoms. The van der Waals surface area contributed by atoms with Gasteiger partial charge in [0.25, 0.3) is 0 Å². The summed E-state index contributed by atoms with van der Waals surface area (Å²) in [6, 6.07) is 3.57. The second-order valence-electron chi connectivity index (χ2n) is 4.51. The van der Waals surface area contributed by atoms with Gasteiger partial charge in [-0.1, -0.05) is 0 Å². The number of nitrogens with zero attached hydrogens (tertiary/aromatic N) is 2. The van der Waals surface area contributed by atoms with Gasteiger partial charge in [0.05, 0.1) is 12.2 Å². The maximum atomic E-state index is 11.1. The number of carbonyl (C=O) groups is 1. The lowest BCUT2D eigenvalue weighted by Crippen LogP contribution is -2.44. The highest BCUT2D eigenvalue weighted by Gasteiger charge is 2.26. The summed E-state index contributed by atoms with van der Waals surface area (Å²) in [6.45, 7) is 5.80. The van der Waals surface area contributed by atoms with Crippen LogP contribution in [0.5, 0.6) is 0 Å². The monoisotopic (exact) mass is 240 g/mol. The summed E-state index contributed by atoms with van der Waals surface area (Å²) < 4.78 is 0. The Morgan fingerprint density at radius 2 is 2.19 bits per heavy atom. The third kappa shape index (κ3) is 3.13. The number of hydrogen-bond donors (Lipinski definition) is 2. The Morgan fingerprint density at radius 3 is 2.62 bits per heavy atom. The van der Waals surface area contributed by atoms with Gasteiger partial charge in [0, 0.05) is 16.6 Å². The molecular formula is C11H16N2O2S. The molecule has 16 heavy (non-hydrogen) atoms. The molecule has 0 aliphatic rings. The molecule has 0 aromatic carbocycles. The van der Waals surface area contributed by atoms with Crippen molar-refractivity contribution in [3.8, 4) is 0 Å². The van der Waals surface area contributed by atoms with Crippen molar-refractivity contribution in [3.05, 3.63) is 24.0 Å². The Hall–Kier alpha value is -1.23. The predicted octanol–water partition coefficient (Wildman–Crippen LogP) is 2.65. The molecule has 4 nitrogen and oxygen atoms in total. The van der Waals surface area contributed by atoms with Gasteiger partial charge in [-0.05, 0) is 32.9 Å². The van der Waals surface area contributed by atoms with Crippen LogP contribution in [0.25, 0.3) is 0 Å². The zero-order valence-electron chi connectivity index (χ0n) is 9.64. The van der Waals surface area contributed by atoms with Gasteiger partial charge in [0.15, 0.2) is 0 Å². The van der Waals surface area contributed by atoms with Crippen molar-refractivity contribution in [2.24, 2.45) is 0 Å². The normalized spacial score (nSPS) is 11.2. The number of rotatable bonds is 2. The molecule has 0 saturated heterocycles.